The van der Waals surface area contributed by atoms with Gasteiger partial charge in [-0.1, -0.05) is 102 Å². The molecular formula is C96H160N26O21. The highest BCUT2D eigenvalue weighted by molar-refractivity contribution is 6.02. The summed E-state index contributed by atoms with van der Waals surface area (Å²) in [5, 5.41) is 95.0. The number of phenolic OH excluding ortho intramolecular Hbond substituents is 1. The minimum Gasteiger partial charge on any atom is -0.508 e. The number of benzene rings is 2. The smallest absolute Gasteiger partial charge is 0.303 e. The van der Waals surface area contributed by atoms with Crippen LogP contribution in [-0.2, 0) is 99.1 Å². The molecule has 2 aromatic carbocycles. The van der Waals surface area contributed by atoms with Crippen molar-refractivity contribution in [2.24, 2.45) is 46.2 Å². The van der Waals surface area contributed by atoms with Crippen molar-refractivity contribution < 1.29 is 102 Å². The lowest BCUT2D eigenvalue weighted by molar-refractivity contribution is -0.140. The molecule has 0 bridgehead atoms. The maximum Gasteiger partial charge on any atom is 0.303 e. The Bertz CT molecular complexity index is 4530. The number of unbranched alkanes of at least 4 members (excludes halogenated alkanes) is 4. The molecule has 0 unspecified atom stereocenters. The number of aromatic hydroxyl groups is 1. The fraction of sp³-hybridized carbons (Fsp3) is 0.646. The highest BCUT2D eigenvalue weighted by Gasteiger charge is 2.44. The maximum absolute atomic E-state index is 15.3. The van der Waals surface area contributed by atoms with Gasteiger partial charge < -0.3 is 145 Å². The van der Waals surface area contributed by atoms with Gasteiger partial charge in [0.05, 0.1) is 6.10 Å². The van der Waals surface area contributed by atoms with Crippen molar-refractivity contribution in [2.45, 2.75) is 345 Å². The van der Waals surface area contributed by atoms with Crippen LogP contribution in [0.15, 0.2) is 66.7 Å². The number of hydrogen-bond acceptors (Lipinski definition) is 25. The lowest BCUT2D eigenvalue weighted by atomic mass is 9.90. The minimum atomic E-state index is -2.03. The summed E-state index contributed by atoms with van der Waals surface area (Å²) in [6.07, 6.45) is 2.57. The second-order valence-electron chi connectivity index (χ2n) is 37.4. The lowest BCUT2D eigenvalue weighted by Gasteiger charge is -2.34. The van der Waals surface area contributed by atoms with E-state index in [2.05, 4.69) is 95.7 Å². The van der Waals surface area contributed by atoms with Gasteiger partial charge >= 0.3 is 5.97 Å². The number of nitrogens with one attached hydrogen (secondary N) is 20. The summed E-state index contributed by atoms with van der Waals surface area (Å²) < 4.78 is 0. The lowest BCUT2D eigenvalue weighted by Crippen LogP contribution is -2.66. The van der Waals surface area contributed by atoms with E-state index in [-0.39, 0.29) is 185 Å². The number of aliphatic hydroxyl groups is 1. The molecule has 0 aromatic heterocycles. The Morgan fingerprint density at radius 3 is 1.42 bits per heavy atom. The second kappa shape index (κ2) is 65.8. The molecule has 1 aliphatic heterocycles. The second-order valence-corrected chi connectivity index (χ2v) is 37.4. The van der Waals surface area contributed by atoms with E-state index in [4.69, 9.17) is 45.2 Å². The fourth-order valence-electron chi connectivity index (χ4n) is 15.5. The van der Waals surface area contributed by atoms with Crippen molar-refractivity contribution in [2.75, 3.05) is 39.3 Å². The number of hydrogen-bond donors (Lipinski definition) is 29. The summed E-state index contributed by atoms with van der Waals surface area (Å²) in [6.45, 7) is 15.6. The van der Waals surface area contributed by atoms with Crippen LogP contribution in [0.2, 0.25) is 0 Å². The van der Waals surface area contributed by atoms with Crippen molar-refractivity contribution in [3.8, 4) is 5.75 Å². The Hall–Kier alpha value is -13.2. The van der Waals surface area contributed by atoms with Gasteiger partial charge in [0.25, 0.3) is 0 Å². The summed E-state index contributed by atoms with van der Waals surface area (Å²) >= 11 is 0. The molecule has 0 saturated heterocycles. The van der Waals surface area contributed by atoms with E-state index >= 15 is 28.8 Å². The molecule has 16 atom stereocenters. The first-order chi connectivity index (χ1) is 67.6. The third-order valence-corrected chi connectivity index (χ3v) is 23.9. The number of phenols is 1. The quantitative estimate of drug-likeness (QED) is 0.0138. The van der Waals surface area contributed by atoms with Gasteiger partial charge in [0, 0.05) is 52.2 Å². The van der Waals surface area contributed by atoms with Crippen molar-refractivity contribution in [1.29, 1.82) is 10.8 Å². The number of primary amides is 1. The molecule has 143 heavy (non-hydrogen) atoms. The number of carboxylic acids is 1. The Morgan fingerprint density at radius 1 is 0.476 bits per heavy atom. The number of nitrogens with two attached hydrogens (primary N) is 6. The summed E-state index contributed by atoms with van der Waals surface area (Å²) in [6, 6.07) is -5.13. The van der Waals surface area contributed by atoms with Gasteiger partial charge in [0.2, 0.25) is 100 Å². The van der Waals surface area contributed by atoms with Crippen molar-refractivity contribution in [1.82, 2.24) is 95.7 Å². The van der Waals surface area contributed by atoms with Crippen molar-refractivity contribution in [3.05, 3.63) is 77.9 Å². The predicted octanol–water partition coefficient (Wildman–Crippen LogP) is -2.78. The van der Waals surface area contributed by atoms with Crippen LogP contribution in [-0.4, -0.2) is 269 Å². The molecule has 3 rings (SSSR count). The highest BCUT2D eigenvalue weighted by atomic mass is 16.4. The van der Waals surface area contributed by atoms with E-state index in [0.717, 1.165) is 0 Å². The monoisotopic (exact) mass is 2010 g/mol. The van der Waals surface area contributed by atoms with E-state index in [1.165, 1.54) is 58.9 Å². The first-order valence-corrected chi connectivity index (χ1v) is 49.4. The average Bonchev–Trinajstić information content (AvgIpc) is 1.31. The molecule has 800 valence electrons. The van der Waals surface area contributed by atoms with Crippen molar-refractivity contribution >= 4 is 118 Å². The van der Waals surface area contributed by atoms with Gasteiger partial charge in [0.15, 0.2) is 11.9 Å². The van der Waals surface area contributed by atoms with Crippen LogP contribution >= 0.6 is 0 Å². The third kappa shape index (κ3) is 48.0. The molecule has 47 nitrogen and oxygen atoms in total. The van der Waals surface area contributed by atoms with Crippen LogP contribution in [0.3, 0.4) is 0 Å². The molecule has 0 spiro atoms. The molecule has 1 heterocycles. The number of carbonyl (C=O) groups excluding carboxylic acids is 17. The van der Waals surface area contributed by atoms with Gasteiger partial charge in [0.1, 0.15) is 95.4 Å². The molecule has 0 fully saturated rings. The number of rotatable bonds is 59. The van der Waals surface area contributed by atoms with Gasteiger partial charge in [-0.25, -0.2) is 0 Å². The largest absolute Gasteiger partial charge is 0.508 e. The zero-order chi connectivity index (χ0) is 107. The zero-order valence-electron chi connectivity index (χ0n) is 84.3. The molecule has 35 N–H and O–H groups in total. The standard InChI is InChI=1S/C96H160N26O21/c1-11-12-32-64(81(132)116-71(78(100)129)53-56(2)3)111-84(135)70(42-43-75(127)128)115-80(131)68(36-28-50-106-93(101)102)114-88(139)73(55-62-38-40-63(125)41-39-62)117-82(133)65(33-20-25-47-97)110-79(130)58(6)108-91(142)95(9)45-23-15-13-14-16-24-46-96(10,92(143)118-69(37-29-51-107-94(103)104)83(134)112-67(35-22-27-49-99)86(137)120-77(59(7)123)90(141)122-95)121-89(140)76(57(4)5)119-85(136)66(34-21-26-48-98)113-87(138)72(54-61-30-18-17-19-31-61)109-74(126)44-52-105-60(8)124/h13-14,17-19,30-31,38-41,56-59,64-73,76-77,123,125H,11-12,15-16,20-29,32-37,42-55,97-99H2,1-10H3,(H2,100,129)(H,105,124)(H,108,142)(H,109,126)(H,110,130)(H,111,135)(H,112,134)(H,113,138)(H,114,139)(H,115,131)(H,116,132)(H,117,133)(H,118,143)(H,119,136)(H,120,137)(H,121,140)(H,122,141)(H,127,128)(H4,101,102,106)(H4,103,104,107)/b14-13-/t58-,59+,64-,65-,66-,67-,68-,69-,70-,71-,72-,73-,76-,77-,95-,96-/m0/s1. The number of carbonyl (C=O) groups is 18. The molecule has 1 aliphatic rings. The Morgan fingerprint density at radius 2 is 0.923 bits per heavy atom. The average molecular weight is 2010 g/mol. The molecular weight excluding hydrogens is 1850 g/mol. The van der Waals surface area contributed by atoms with Gasteiger partial charge in [-0.15, -0.1) is 0 Å². The van der Waals surface area contributed by atoms with E-state index < -0.39 is 227 Å². The van der Waals surface area contributed by atoms with E-state index in [0.29, 0.717) is 49.7 Å². The molecule has 17 amide bonds. The van der Waals surface area contributed by atoms with Gasteiger partial charge in [-0.2, -0.15) is 0 Å². The van der Waals surface area contributed by atoms with Crippen LogP contribution in [0, 0.1) is 22.7 Å². The van der Waals surface area contributed by atoms with Crippen molar-refractivity contribution in [3.63, 3.8) is 0 Å². The van der Waals surface area contributed by atoms with E-state index in [9.17, 15) is 72.9 Å². The minimum absolute atomic E-state index is 0.000939. The first kappa shape index (κ1) is 124. The van der Waals surface area contributed by atoms with E-state index in [1.54, 1.807) is 70.2 Å². The topological polar surface area (TPSA) is 788 Å². The number of guanidine groups is 2. The van der Waals surface area contributed by atoms with E-state index in [1.807, 2.05) is 6.92 Å². The number of carboxylic acid groups (broad SMARTS) is 1. The Labute approximate surface area is 836 Å². The fourth-order valence-corrected chi connectivity index (χ4v) is 15.5. The number of amides is 17. The summed E-state index contributed by atoms with van der Waals surface area (Å²) in [5.41, 5.74) is 31.6. The normalized spacial score (nSPS) is 19.1. The third-order valence-electron chi connectivity index (χ3n) is 23.9. The number of allylic oxidation sites excluding steroid dienone is 2. The summed E-state index contributed by atoms with van der Waals surface area (Å²) in [4.78, 5) is 257. The van der Waals surface area contributed by atoms with Crippen LogP contribution in [0.25, 0.3) is 0 Å². The Balaban J connectivity index is 2.17. The molecule has 47 heteroatoms. The highest BCUT2D eigenvalue weighted by Crippen LogP contribution is 2.23. The maximum atomic E-state index is 15.3. The summed E-state index contributed by atoms with van der Waals surface area (Å²) in [5.74, 6) is -18.2. The summed E-state index contributed by atoms with van der Waals surface area (Å²) in [7, 11) is 0. The molecule has 0 radical (unpaired) electrons. The zero-order valence-corrected chi connectivity index (χ0v) is 84.3. The van der Waals surface area contributed by atoms with Crippen LogP contribution in [0.4, 0.5) is 0 Å². The first-order valence-electron chi connectivity index (χ1n) is 49.4. The van der Waals surface area contributed by atoms with Gasteiger partial charge in [-0.3, -0.25) is 97.1 Å². The number of aliphatic carboxylic acids is 1. The van der Waals surface area contributed by atoms with Crippen LogP contribution < -0.4 is 130 Å². The van der Waals surface area contributed by atoms with Crippen LogP contribution in [0.5, 0.6) is 5.75 Å². The van der Waals surface area contributed by atoms with Crippen LogP contribution in [0.1, 0.15) is 247 Å². The SMILES string of the molecule is CCCC[C@H](NC(=O)[C@H](CCC(=O)O)NC(=O)[C@H](CCCNC(=N)N)NC(=O)[C@H](Cc1ccc(O)cc1)NC(=O)[C@H](CCCCN)NC(=O)[C@H](C)NC(=O)[C@]1(C)CCC/C=C\CCC[C@](C)(NC(=O)[C@@H](NC(=O)[C@H](CCCCN)NC(=O)[C@H](Cc2ccccc2)NC(=O)CCNC(C)=O)C(C)C)C(=O)N[C@@H](CCCNC(=N)N)C(=O)N[C@@H](CCCCN)C(=O)N[C@@H]([C@@H](C)O)C(=O)N1)C(=O)N[C@@H](CC(C)C)C(N)=O. The van der Waals surface area contributed by atoms with Gasteiger partial charge in [-0.05, 0) is 224 Å². The predicted molar refractivity (Wildman–Crippen MR) is 535 cm³/mol. The molecule has 0 saturated carbocycles. The molecule has 0 aliphatic carbocycles. The number of aliphatic hydroxyl groups excluding tert-OH is 1. The Kier molecular flexibility index (Phi) is 57.1. The molecule has 2 aromatic rings.